The Balaban J connectivity index is 0.000000759. The second-order valence-corrected chi connectivity index (χ2v) is 7.14. The number of ether oxygens (including phenoxy) is 2. The van der Waals surface area contributed by atoms with Gasteiger partial charge < -0.3 is 57.5 Å². The van der Waals surface area contributed by atoms with Crippen molar-refractivity contribution in [3.05, 3.63) is 0 Å². The first-order valence-electron chi connectivity index (χ1n) is 9.58. The van der Waals surface area contributed by atoms with Crippen molar-refractivity contribution in [2.24, 2.45) is 17.2 Å². The normalized spacial score (nSPS) is 28.5. The van der Waals surface area contributed by atoms with Gasteiger partial charge in [0.15, 0.2) is 6.29 Å². The number of carbonyl (C=O) groups excluding carboxylic acids is 1. The predicted octanol–water partition coefficient (Wildman–Crippen LogP) is -4.12. The topological polar surface area (TPSA) is 261 Å². The Morgan fingerprint density at radius 2 is 1.77 bits per heavy atom. The van der Waals surface area contributed by atoms with Gasteiger partial charge in [-0.2, -0.15) is 0 Å². The van der Waals surface area contributed by atoms with E-state index in [-0.39, 0.29) is 19.4 Å². The maximum atomic E-state index is 10.7. The van der Waals surface area contributed by atoms with E-state index in [9.17, 15) is 24.6 Å². The number of carboxylic acids is 2. The van der Waals surface area contributed by atoms with Gasteiger partial charge >= 0.3 is 11.9 Å². The van der Waals surface area contributed by atoms with Crippen LogP contribution in [0.15, 0.2) is 0 Å². The molecule has 1 unspecified atom stereocenters. The fourth-order valence-corrected chi connectivity index (χ4v) is 2.44. The number of aliphatic carboxylic acids is 2. The van der Waals surface area contributed by atoms with E-state index < -0.39 is 73.3 Å². The third kappa shape index (κ3) is 10.8. The Kier molecular flexibility index (Phi) is 13.3. The van der Waals surface area contributed by atoms with Gasteiger partial charge in [-0.1, -0.05) is 0 Å². The molecule has 1 fully saturated rings. The first-order chi connectivity index (χ1) is 14.3. The molecule has 0 radical (unpaired) electrons. The van der Waals surface area contributed by atoms with Crippen molar-refractivity contribution in [1.29, 1.82) is 0 Å². The van der Waals surface area contributed by atoms with E-state index in [2.05, 4.69) is 5.32 Å². The van der Waals surface area contributed by atoms with E-state index in [1.807, 2.05) is 0 Å². The van der Waals surface area contributed by atoms with Gasteiger partial charge in [0.2, 0.25) is 5.91 Å². The van der Waals surface area contributed by atoms with Crippen molar-refractivity contribution in [3.8, 4) is 0 Å². The zero-order valence-corrected chi connectivity index (χ0v) is 17.5. The molecular formula is C17H34N4O10. The molecule has 0 aliphatic carbocycles. The number of aliphatic hydroxyl groups excluding tert-OH is 3. The van der Waals surface area contributed by atoms with Crippen LogP contribution >= 0.6 is 0 Å². The van der Waals surface area contributed by atoms with Crippen LogP contribution < -0.4 is 22.5 Å². The summed E-state index contributed by atoms with van der Waals surface area (Å²) in [5, 5.41) is 48.4. The van der Waals surface area contributed by atoms with E-state index in [1.165, 1.54) is 6.92 Å². The molecule has 8 atom stereocenters. The quantitative estimate of drug-likeness (QED) is 0.144. The lowest BCUT2D eigenvalue weighted by Crippen LogP contribution is -2.63. The first-order valence-corrected chi connectivity index (χ1v) is 9.58. The van der Waals surface area contributed by atoms with Crippen molar-refractivity contribution >= 4 is 17.8 Å². The summed E-state index contributed by atoms with van der Waals surface area (Å²) >= 11 is 0. The van der Waals surface area contributed by atoms with Crippen LogP contribution in [0.1, 0.15) is 26.7 Å². The van der Waals surface area contributed by atoms with Gasteiger partial charge in [-0.3, -0.25) is 14.4 Å². The highest BCUT2D eigenvalue weighted by atomic mass is 16.6. The van der Waals surface area contributed by atoms with Crippen LogP contribution in [0, 0.1) is 0 Å². The molecule has 14 heteroatoms. The van der Waals surface area contributed by atoms with Gasteiger partial charge in [0.25, 0.3) is 0 Å². The van der Waals surface area contributed by atoms with Gasteiger partial charge in [-0.25, -0.2) is 0 Å². The summed E-state index contributed by atoms with van der Waals surface area (Å²) in [6.45, 7) is 2.92. The zero-order valence-electron chi connectivity index (χ0n) is 17.5. The average molecular weight is 454 g/mol. The third-order valence-corrected chi connectivity index (χ3v) is 4.43. The Morgan fingerprint density at radius 1 is 1.19 bits per heavy atom. The van der Waals surface area contributed by atoms with Crippen molar-refractivity contribution in [3.63, 3.8) is 0 Å². The van der Waals surface area contributed by atoms with E-state index in [0.29, 0.717) is 0 Å². The van der Waals surface area contributed by atoms with Crippen LogP contribution in [-0.2, 0) is 23.9 Å². The number of hydrogen-bond donors (Lipinski definition) is 9. The van der Waals surface area contributed by atoms with Gasteiger partial charge in [-0.05, 0) is 20.3 Å². The molecule has 1 rings (SSSR count). The molecule has 0 aromatic rings. The molecule has 0 aromatic carbocycles. The summed E-state index contributed by atoms with van der Waals surface area (Å²) < 4.78 is 10.5. The van der Waals surface area contributed by atoms with E-state index in [4.69, 9.17) is 42.0 Å². The van der Waals surface area contributed by atoms with Gasteiger partial charge in [0.1, 0.15) is 24.4 Å². The molecule has 12 N–H and O–H groups in total. The van der Waals surface area contributed by atoms with Gasteiger partial charge in [0, 0.05) is 13.0 Å². The highest BCUT2D eigenvalue weighted by Crippen LogP contribution is 2.22. The molecule has 0 saturated carbocycles. The summed E-state index contributed by atoms with van der Waals surface area (Å²) in [5.74, 6) is -2.63. The number of amides is 1. The minimum Gasteiger partial charge on any atom is -0.481 e. The number of nitrogens with one attached hydrogen (secondary N) is 1. The van der Waals surface area contributed by atoms with E-state index >= 15 is 0 Å². The smallest absolute Gasteiger partial charge is 0.320 e. The number of carboxylic acid groups (broad SMARTS) is 2. The van der Waals surface area contributed by atoms with Crippen LogP contribution in [0.4, 0.5) is 0 Å². The molecular weight excluding hydrogens is 420 g/mol. The summed E-state index contributed by atoms with van der Waals surface area (Å²) in [5.41, 5.74) is 15.6. The van der Waals surface area contributed by atoms with E-state index in [1.54, 1.807) is 6.92 Å². The number of nitrogens with two attached hydrogens (primary N) is 3. The van der Waals surface area contributed by atoms with Crippen LogP contribution in [0.25, 0.3) is 0 Å². The molecule has 1 heterocycles. The molecule has 0 spiro atoms. The average Bonchev–Trinajstić information content (AvgIpc) is 2.70. The zero-order chi connectivity index (χ0) is 24.3. The summed E-state index contributed by atoms with van der Waals surface area (Å²) in [6, 6.07) is -2.54. The van der Waals surface area contributed by atoms with E-state index in [0.717, 1.165) is 0 Å². The summed E-state index contributed by atoms with van der Waals surface area (Å²) in [4.78, 5) is 30.8. The molecule has 0 bridgehead atoms. The highest BCUT2D eigenvalue weighted by molar-refractivity contribution is 5.80. The maximum absolute atomic E-state index is 10.7. The lowest BCUT2D eigenvalue weighted by atomic mass is 9.97. The number of rotatable bonds is 11. The summed E-state index contributed by atoms with van der Waals surface area (Å²) in [7, 11) is 0. The molecule has 182 valence electrons. The molecule has 1 amide bonds. The molecule has 14 nitrogen and oxygen atoms in total. The second-order valence-electron chi connectivity index (χ2n) is 7.14. The SMILES string of the molecule is CC(CN[C@H](C)C(=O)O)O[C@@H]1[C@@H](N)[C@@H](O)O[C@H](CO)[C@H]1O.NC(=O)[C@H](N)CCC(=O)O. The molecule has 31 heavy (non-hydrogen) atoms. The summed E-state index contributed by atoms with van der Waals surface area (Å²) in [6.07, 6.45) is -4.93. The monoisotopic (exact) mass is 454 g/mol. The Bertz CT molecular complexity index is 581. The second kappa shape index (κ2) is 14.2. The van der Waals surface area contributed by atoms with Crippen LogP contribution in [0.2, 0.25) is 0 Å². The van der Waals surface area contributed by atoms with Crippen LogP contribution in [0.3, 0.4) is 0 Å². The van der Waals surface area contributed by atoms with Gasteiger partial charge in [-0.15, -0.1) is 0 Å². The highest BCUT2D eigenvalue weighted by Gasteiger charge is 2.44. The predicted molar refractivity (Wildman–Crippen MR) is 105 cm³/mol. The first kappa shape index (κ1) is 29.1. The number of hydrogen-bond acceptors (Lipinski definition) is 11. The van der Waals surface area contributed by atoms with Crippen LogP contribution in [0.5, 0.6) is 0 Å². The standard InChI is InChI=1S/C12H24N2O7.C5H10N2O3/c1-5(3-14-6(2)11(17)18)20-10-8(13)12(19)21-7(4-15)9(10)16;6-3(5(7)10)1-2-4(8)9/h5-10,12,14-16,19H,3-4,13H2,1-2H3,(H,17,18);3H,1-2,6H2,(H2,7,10)(H,8,9)/t5?,6-,7-,8-,9-,10-,12+;3-/m11/s1. The number of aliphatic hydroxyl groups is 3. The fraction of sp³-hybridized carbons (Fsp3) is 0.824. The van der Waals surface area contributed by atoms with Crippen molar-refractivity contribution in [1.82, 2.24) is 5.32 Å². The lowest BCUT2D eigenvalue weighted by molar-refractivity contribution is -0.262. The maximum Gasteiger partial charge on any atom is 0.320 e. The lowest BCUT2D eigenvalue weighted by Gasteiger charge is -2.41. The van der Waals surface area contributed by atoms with Crippen LogP contribution in [-0.4, -0.2) is 105 Å². The molecule has 0 aromatic heterocycles. The largest absolute Gasteiger partial charge is 0.481 e. The Labute approximate surface area is 179 Å². The molecule has 1 saturated heterocycles. The Hall–Kier alpha value is -1.91. The minimum atomic E-state index is -1.35. The third-order valence-electron chi connectivity index (χ3n) is 4.43. The fourth-order valence-electron chi connectivity index (χ4n) is 2.44. The molecule has 1 aliphatic rings. The van der Waals surface area contributed by atoms with Crippen molar-refractivity contribution in [2.45, 2.75) is 75.5 Å². The van der Waals surface area contributed by atoms with Crippen molar-refractivity contribution < 1.29 is 49.4 Å². The number of carbonyl (C=O) groups is 3. The van der Waals surface area contributed by atoms with Gasteiger partial charge in [0.05, 0.1) is 24.8 Å². The Morgan fingerprint density at radius 3 is 2.23 bits per heavy atom. The minimum absolute atomic E-state index is 0.102. The number of primary amides is 1. The molecule has 1 aliphatic heterocycles. The van der Waals surface area contributed by atoms with Crippen molar-refractivity contribution in [2.75, 3.05) is 13.2 Å².